The molecule has 0 spiro atoms. The number of thiol groups is 1. The first-order valence-corrected chi connectivity index (χ1v) is 8.79. The molecular formula is C17H22N2O3S. The monoisotopic (exact) mass is 334 g/mol. The van der Waals surface area contributed by atoms with Crippen molar-refractivity contribution in [3.63, 3.8) is 0 Å². The van der Waals surface area contributed by atoms with Gasteiger partial charge in [-0.2, -0.15) is 12.6 Å². The Hall–Kier alpha value is -1.69. The van der Waals surface area contributed by atoms with Gasteiger partial charge in [-0.15, -0.1) is 0 Å². The van der Waals surface area contributed by atoms with E-state index in [4.69, 9.17) is 4.74 Å². The molecular weight excluding hydrogens is 312 g/mol. The number of ether oxygens (including phenoxy) is 1. The van der Waals surface area contributed by atoms with Crippen LogP contribution in [0.4, 0.5) is 5.69 Å². The summed E-state index contributed by atoms with van der Waals surface area (Å²) in [5.74, 6) is 1.32. The van der Waals surface area contributed by atoms with E-state index in [0.29, 0.717) is 25.3 Å². The Morgan fingerprint density at radius 2 is 2.22 bits per heavy atom. The summed E-state index contributed by atoms with van der Waals surface area (Å²) in [6.45, 7) is 1.35. The first-order valence-electron chi connectivity index (χ1n) is 8.16. The number of carbonyl (C=O) groups excluding carboxylic acids is 2. The van der Waals surface area contributed by atoms with Gasteiger partial charge in [-0.1, -0.05) is 0 Å². The van der Waals surface area contributed by atoms with Crippen molar-refractivity contribution in [3.05, 3.63) is 23.8 Å². The van der Waals surface area contributed by atoms with Crippen molar-refractivity contribution in [2.24, 2.45) is 0 Å². The van der Waals surface area contributed by atoms with Crippen LogP contribution in [0.15, 0.2) is 18.2 Å². The molecule has 5 nitrogen and oxygen atoms in total. The molecule has 23 heavy (non-hydrogen) atoms. The number of benzene rings is 1. The summed E-state index contributed by atoms with van der Waals surface area (Å²) < 4.78 is 5.48. The van der Waals surface area contributed by atoms with E-state index >= 15 is 0 Å². The van der Waals surface area contributed by atoms with E-state index in [9.17, 15) is 9.59 Å². The number of fused-ring (bicyclic) bond motifs is 1. The largest absolute Gasteiger partial charge is 0.493 e. The smallest absolute Gasteiger partial charge is 0.247 e. The first kappa shape index (κ1) is 16.2. The van der Waals surface area contributed by atoms with E-state index in [2.05, 4.69) is 17.9 Å². The molecule has 0 aliphatic carbocycles. The molecule has 0 radical (unpaired) electrons. The molecule has 0 saturated carbocycles. The third-order valence-electron chi connectivity index (χ3n) is 4.41. The van der Waals surface area contributed by atoms with E-state index in [1.807, 2.05) is 18.2 Å². The van der Waals surface area contributed by atoms with E-state index < -0.39 is 0 Å². The Morgan fingerprint density at radius 3 is 3.04 bits per heavy atom. The molecule has 124 valence electrons. The predicted molar refractivity (Wildman–Crippen MR) is 92.1 cm³/mol. The molecule has 1 aromatic carbocycles. The number of likely N-dealkylation sites (tertiary alicyclic amines) is 1. The number of piperidine rings is 1. The lowest BCUT2D eigenvalue weighted by atomic mass is 10.0. The van der Waals surface area contributed by atoms with Gasteiger partial charge in [0.2, 0.25) is 11.8 Å². The van der Waals surface area contributed by atoms with Crippen molar-refractivity contribution in [3.8, 4) is 5.75 Å². The van der Waals surface area contributed by atoms with Crippen molar-refractivity contribution in [2.75, 3.05) is 24.2 Å². The summed E-state index contributed by atoms with van der Waals surface area (Å²) in [6.07, 6.45) is 3.90. The van der Waals surface area contributed by atoms with Crippen LogP contribution in [-0.2, 0) is 16.0 Å². The molecule has 2 aliphatic rings. The zero-order valence-electron chi connectivity index (χ0n) is 13.1. The maximum atomic E-state index is 12.6. The van der Waals surface area contributed by atoms with Gasteiger partial charge >= 0.3 is 0 Å². The standard InChI is InChI=1S/C17H22N2O3S/c20-16(7-10-23)19-8-2-1-3-14(19)17(21)18-13-4-5-15-12(11-13)6-9-22-15/h4-5,11,14,23H,1-3,6-10H2,(H,18,21). The molecule has 1 N–H and O–H groups in total. The third kappa shape index (κ3) is 3.63. The third-order valence-corrected chi connectivity index (χ3v) is 4.63. The summed E-state index contributed by atoms with van der Waals surface area (Å²) in [5.41, 5.74) is 1.89. The molecule has 1 saturated heterocycles. The Morgan fingerprint density at radius 1 is 1.35 bits per heavy atom. The first-order chi connectivity index (χ1) is 11.2. The molecule has 1 atom stereocenters. The zero-order chi connectivity index (χ0) is 16.2. The highest BCUT2D eigenvalue weighted by atomic mass is 32.1. The molecule has 0 aromatic heterocycles. The molecule has 2 heterocycles. The Kier molecular flexibility index (Phi) is 5.10. The van der Waals surface area contributed by atoms with Crippen LogP contribution in [0.1, 0.15) is 31.2 Å². The van der Waals surface area contributed by atoms with Crippen LogP contribution in [0.2, 0.25) is 0 Å². The van der Waals surface area contributed by atoms with Gasteiger partial charge < -0.3 is 15.0 Å². The highest BCUT2D eigenvalue weighted by molar-refractivity contribution is 7.80. The minimum Gasteiger partial charge on any atom is -0.493 e. The number of carbonyl (C=O) groups is 2. The lowest BCUT2D eigenvalue weighted by molar-refractivity contribution is -0.140. The van der Waals surface area contributed by atoms with Crippen LogP contribution in [0.25, 0.3) is 0 Å². The van der Waals surface area contributed by atoms with Crippen LogP contribution >= 0.6 is 12.6 Å². The molecule has 0 bridgehead atoms. The number of hydrogen-bond acceptors (Lipinski definition) is 4. The topological polar surface area (TPSA) is 58.6 Å². The Balaban J connectivity index is 1.69. The van der Waals surface area contributed by atoms with Gasteiger partial charge in [-0.3, -0.25) is 9.59 Å². The number of hydrogen-bond donors (Lipinski definition) is 2. The van der Waals surface area contributed by atoms with Crippen molar-refractivity contribution in [1.29, 1.82) is 0 Å². The highest BCUT2D eigenvalue weighted by Gasteiger charge is 2.31. The molecule has 2 aliphatic heterocycles. The Labute approximate surface area is 141 Å². The molecule has 2 amide bonds. The highest BCUT2D eigenvalue weighted by Crippen LogP contribution is 2.28. The predicted octanol–water partition coefficient (Wildman–Crippen LogP) is 2.26. The zero-order valence-corrected chi connectivity index (χ0v) is 14.0. The summed E-state index contributed by atoms with van der Waals surface area (Å²) in [4.78, 5) is 26.5. The van der Waals surface area contributed by atoms with Gasteiger partial charge in [0.05, 0.1) is 6.61 Å². The SMILES string of the molecule is O=C(Nc1ccc2c(c1)CCO2)C1CCCCN1C(=O)CCS. The van der Waals surface area contributed by atoms with Crippen LogP contribution in [0.5, 0.6) is 5.75 Å². The number of anilines is 1. The summed E-state index contributed by atoms with van der Waals surface area (Å²) >= 11 is 4.12. The summed E-state index contributed by atoms with van der Waals surface area (Å²) in [6, 6.07) is 5.33. The normalized spacial score (nSPS) is 19.9. The summed E-state index contributed by atoms with van der Waals surface area (Å²) in [5, 5.41) is 2.96. The lowest BCUT2D eigenvalue weighted by Crippen LogP contribution is -2.50. The number of rotatable bonds is 4. The van der Waals surface area contributed by atoms with Gasteiger partial charge in [-0.05, 0) is 48.8 Å². The fourth-order valence-corrected chi connectivity index (χ4v) is 3.42. The van der Waals surface area contributed by atoms with E-state index in [-0.39, 0.29) is 17.9 Å². The second kappa shape index (κ2) is 7.25. The molecule has 1 fully saturated rings. The second-order valence-electron chi connectivity index (χ2n) is 5.98. The maximum absolute atomic E-state index is 12.6. The summed E-state index contributed by atoms with van der Waals surface area (Å²) in [7, 11) is 0. The number of nitrogens with one attached hydrogen (secondary N) is 1. The van der Waals surface area contributed by atoms with E-state index in [1.54, 1.807) is 4.90 Å². The van der Waals surface area contributed by atoms with Gasteiger partial charge in [0, 0.05) is 25.1 Å². The van der Waals surface area contributed by atoms with Gasteiger partial charge in [-0.25, -0.2) is 0 Å². The van der Waals surface area contributed by atoms with Crippen LogP contribution in [-0.4, -0.2) is 41.7 Å². The minimum atomic E-state index is -0.374. The lowest BCUT2D eigenvalue weighted by Gasteiger charge is -2.34. The van der Waals surface area contributed by atoms with E-state index in [0.717, 1.165) is 42.7 Å². The van der Waals surface area contributed by atoms with Crippen molar-refractivity contribution < 1.29 is 14.3 Å². The van der Waals surface area contributed by atoms with Gasteiger partial charge in [0.1, 0.15) is 11.8 Å². The van der Waals surface area contributed by atoms with Crippen molar-refractivity contribution >= 4 is 30.1 Å². The number of nitrogens with zero attached hydrogens (tertiary/aromatic N) is 1. The van der Waals surface area contributed by atoms with E-state index in [1.165, 1.54) is 0 Å². The fourth-order valence-electron chi connectivity index (χ4n) is 3.23. The van der Waals surface area contributed by atoms with Crippen molar-refractivity contribution in [1.82, 2.24) is 4.90 Å². The fraction of sp³-hybridized carbons (Fsp3) is 0.529. The van der Waals surface area contributed by atoms with Crippen molar-refractivity contribution in [2.45, 2.75) is 38.1 Å². The maximum Gasteiger partial charge on any atom is 0.247 e. The molecule has 3 rings (SSSR count). The molecule has 6 heteroatoms. The average Bonchev–Trinajstić information content (AvgIpc) is 3.02. The van der Waals surface area contributed by atoms with Gasteiger partial charge in [0.15, 0.2) is 0 Å². The Bertz CT molecular complexity index is 606. The molecule has 1 unspecified atom stereocenters. The molecule has 1 aromatic rings. The van der Waals surface area contributed by atoms with Crippen LogP contribution < -0.4 is 10.1 Å². The van der Waals surface area contributed by atoms with Gasteiger partial charge in [0.25, 0.3) is 0 Å². The minimum absolute atomic E-state index is 0.0159. The average molecular weight is 334 g/mol. The number of amides is 2. The van der Waals surface area contributed by atoms with Crippen LogP contribution in [0, 0.1) is 0 Å². The quantitative estimate of drug-likeness (QED) is 0.831. The van der Waals surface area contributed by atoms with Crippen LogP contribution in [0.3, 0.4) is 0 Å². The second-order valence-corrected chi connectivity index (χ2v) is 6.43.